The topological polar surface area (TPSA) is 72.5 Å². The van der Waals surface area contributed by atoms with E-state index in [1.54, 1.807) is 0 Å². The summed E-state index contributed by atoms with van der Waals surface area (Å²) in [6, 6.07) is 2.71. The fraction of sp³-hybridized carbons (Fsp3) is 0.375. The van der Waals surface area contributed by atoms with Crippen LogP contribution in [0.1, 0.15) is 4.88 Å². The van der Waals surface area contributed by atoms with Crippen molar-refractivity contribution in [3.63, 3.8) is 0 Å². The Bertz CT molecular complexity index is 468. The summed E-state index contributed by atoms with van der Waals surface area (Å²) in [4.78, 5) is 11.4. The molecule has 1 heterocycles. The van der Waals surface area contributed by atoms with E-state index in [0.717, 1.165) is 11.3 Å². The normalized spacial score (nSPS) is 11.1. The van der Waals surface area contributed by atoms with Crippen LogP contribution in [0.3, 0.4) is 0 Å². The van der Waals surface area contributed by atoms with Gasteiger partial charge in [0.1, 0.15) is 0 Å². The van der Waals surface area contributed by atoms with Crippen LogP contribution in [-0.2, 0) is 21.4 Å². The lowest BCUT2D eigenvalue weighted by Gasteiger charge is -2.00. The summed E-state index contributed by atoms with van der Waals surface area (Å²) >= 11 is 0.844. The molecular weight excluding hydrogens is 257 g/mol. The summed E-state index contributed by atoms with van der Waals surface area (Å²) in [7, 11) is -3.38. The van der Waals surface area contributed by atoms with Gasteiger partial charge in [-0.3, -0.25) is 0 Å². The fourth-order valence-electron chi connectivity index (χ4n) is 0.984. The molecule has 8 heteroatoms. The van der Waals surface area contributed by atoms with Crippen molar-refractivity contribution in [2.24, 2.45) is 0 Å². The third-order valence-electron chi connectivity index (χ3n) is 1.70. The predicted molar refractivity (Wildman–Crippen MR) is 56.7 cm³/mol. The molecule has 0 radical (unpaired) electrons. The summed E-state index contributed by atoms with van der Waals surface area (Å²) in [6.45, 7) is 0.305. The molecule has 90 valence electrons. The van der Waals surface area contributed by atoms with E-state index in [9.17, 15) is 17.1 Å². The number of alkyl carbamates (subject to hydrolysis) is 1. The van der Waals surface area contributed by atoms with Crippen LogP contribution in [0.2, 0.25) is 0 Å². The number of hydrogen-bond donors (Lipinski definition) is 1. The molecule has 0 aliphatic rings. The van der Waals surface area contributed by atoms with Gasteiger partial charge in [0, 0.05) is 11.4 Å². The summed E-state index contributed by atoms with van der Waals surface area (Å²) < 4.78 is 37.6. The average Bonchev–Trinajstić information content (AvgIpc) is 2.65. The van der Waals surface area contributed by atoms with Gasteiger partial charge in [0.15, 0.2) is 4.21 Å². The Labute approximate surface area is 96.4 Å². The minimum absolute atomic E-state index is 0.305. The van der Waals surface area contributed by atoms with E-state index in [2.05, 4.69) is 10.1 Å². The number of amides is 1. The first kappa shape index (κ1) is 12.9. The van der Waals surface area contributed by atoms with Crippen LogP contribution in [0, 0.1) is 0 Å². The Morgan fingerprint density at radius 2 is 2.25 bits per heavy atom. The number of halogens is 1. The second kappa shape index (κ2) is 5.26. The van der Waals surface area contributed by atoms with Crippen molar-refractivity contribution in [3.05, 3.63) is 17.0 Å². The van der Waals surface area contributed by atoms with Crippen molar-refractivity contribution in [1.29, 1.82) is 0 Å². The maximum absolute atomic E-state index is 12.5. The number of rotatable bonds is 4. The van der Waals surface area contributed by atoms with Gasteiger partial charge < -0.3 is 10.1 Å². The van der Waals surface area contributed by atoms with Crippen molar-refractivity contribution in [2.45, 2.75) is 10.6 Å². The van der Waals surface area contributed by atoms with Gasteiger partial charge in [0.2, 0.25) is 0 Å². The van der Waals surface area contributed by atoms with Gasteiger partial charge in [-0.1, -0.05) is 3.89 Å². The number of ether oxygens (including phenoxy) is 1. The number of carbonyl (C=O) groups excluding carboxylic acids is 1. The summed E-state index contributed by atoms with van der Waals surface area (Å²) in [5, 5.41) is 2.43. The predicted octanol–water partition coefficient (Wildman–Crippen LogP) is 1.30. The minimum atomic E-state index is -4.62. The van der Waals surface area contributed by atoms with Gasteiger partial charge in [0.25, 0.3) is 0 Å². The van der Waals surface area contributed by atoms with Gasteiger partial charge in [-0.2, -0.15) is 8.42 Å². The molecule has 0 aliphatic heterocycles. The van der Waals surface area contributed by atoms with E-state index >= 15 is 0 Å². The Balaban J connectivity index is 2.51. The van der Waals surface area contributed by atoms with Crippen molar-refractivity contribution in [1.82, 2.24) is 5.32 Å². The molecule has 0 atom stereocenters. The highest BCUT2D eigenvalue weighted by molar-refractivity contribution is 7.88. The van der Waals surface area contributed by atoms with Crippen LogP contribution in [0.4, 0.5) is 8.68 Å². The number of methoxy groups -OCH3 is 1. The van der Waals surface area contributed by atoms with E-state index < -0.39 is 16.3 Å². The second-order valence-electron chi connectivity index (χ2n) is 2.83. The van der Waals surface area contributed by atoms with Gasteiger partial charge in [-0.25, -0.2) is 4.79 Å². The van der Waals surface area contributed by atoms with Crippen LogP contribution in [0.5, 0.6) is 0 Å². The third-order valence-corrected chi connectivity index (χ3v) is 4.11. The molecule has 16 heavy (non-hydrogen) atoms. The first-order valence-electron chi connectivity index (χ1n) is 4.28. The first-order valence-corrected chi connectivity index (χ1v) is 6.48. The van der Waals surface area contributed by atoms with Gasteiger partial charge in [-0.05, 0) is 18.6 Å². The van der Waals surface area contributed by atoms with Crippen LogP contribution in [-0.4, -0.2) is 28.2 Å². The smallest absolute Gasteiger partial charge is 0.406 e. The monoisotopic (exact) mass is 267 g/mol. The van der Waals surface area contributed by atoms with E-state index in [1.165, 1.54) is 19.2 Å². The number of thiophene rings is 1. The minimum Gasteiger partial charge on any atom is -0.453 e. The van der Waals surface area contributed by atoms with E-state index in [4.69, 9.17) is 0 Å². The van der Waals surface area contributed by atoms with Crippen molar-refractivity contribution >= 4 is 27.7 Å². The SMILES string of the molecule is COC(=O)NCCc1ccc(S(=O)(=O)F)s1. The maximum Gasteiger partial charge on any atom is 0.406 e. The Morgan fingerprint density at radius 1 is 1.56 bits per heavy atom. The molecule has 5 nitrogen and oxygen atoms in total. The molecule has 0 aliphatic carbocycles. The molecule has 0 spiro atoms. The standard InChI is InChI=1S/C8H10FNO4S2/c1-14-8(11)10-5-4-6-2-3-7(15-6)16(9,12)13/h2-3H,4-5H2,1H3,(H,10,11). The summed E-state index contributed by atoms with van der Waals surface area (Å²) in [6.07, 6.45) is -0.134. The molecule has 1 aromatic heterocycles. The zero-order valence-electron chi connectivity index (χ0n) is 8.40. The number of nitrogens with one attached hydrogen (secondary N) is 1. The molecule has 0 fully saturated rings. The molecule has 1 aromatic rings. The Kier molecular flexibility index (Phi) is 4.25. The van der Waals surface area contributed by atoms with Crippen LogP contribution in [0.15, 0.2) is 16.3 Å². The lowest BCUT2D eigenvalue weighted by atomic mass is 10.3. The van der Waals surface area contributed by atoms with Crippen LogP contribution in [0.25, 0.3) is 0 Å². The average molecular weight is 267 g/mol. The first-order chi connectivity index (χ1) is 7.43. The van der Waals surface area contributed by atoms with Crippen LogP contribution < -0.4 is 5.32 Å². The molecule has 1 rings (SSSR count). The van der Waals surface area contributed by atoms with Gasteiger partial charge in [-0.15, -0.1) is 11.3 Å². The van der Waals surface area contributed by atoms with E-state index in [1.807, 2.05) is 0 Å². The van der Waals surface area contributed by atoms with Gasteiger partial charge in [0.05, 0.1) is 7.11 Å². The largest absolute Gasteiger partial charge is 0.453 e. The van der Waals surface area contributed by atoms with Crippen molar-refractivity contribution < 1.29 is 21.8 Å². The third kappa shape index (κ3) is 3.78. The second-order valence-corrected chi connectivity index (χ2v) is 5.57. The van der Waals surface area contributed by atoms with Crippen molar-refractivity contribution in [2.75, 3.05) is 13.7 Å². The zero-order valence-corrected chi connectivity index (χ0v) is 10.0. The molecular formula is C8H10FNO4S2. The number of carbonyl (C=O) groups is 1. The maximum atomic E-state index is 12.5. The van der Waals surface area contributed by atoms with E-state index in [-0.39, 0.29) is 4.21 Å². The highest BCUT2D eigenvalue weighted by atomic mass is 32.3. The molecule has 0 saturated heterocycles. The molecule has 1 amide bonds. The Hall–Kier alpha value is -1.15. The molecule has 1 N–H and O–H groups in total. The Morgan fingerprint density at radius 3 is 2.75 bits per heavy atom. The molecule has 0 bridgehead atoms. The van der Waals surface area contributed by atoms with Crippen molar-refractivity contribution in [3.8, 4) is 0 Å². The molecule has 0 unspecified atom stereocenters. The zero-order chi connectivity index (χ0) is 12.2. The van der Waals surface area contributed by atoms with E-state index in [0.29, 0.717) is 17.8 Å². The van der Waals surface area contributed by atoms with Gasteiger partial charge >= 0.3 is 16.3 Å². The summed E-state index contributed by atoms with van der Waals surface area (Å²) in [5.74, 6) is 0. The lowest BCUT2D eigenvalue weighted by Crippen LogP contribution is -2.24. The lowest BCUT2D eigenvalue weighted by molar-refractivity contribution is 0.171. The molecule has 0 aromatic carbocycles. The molecule has 0 saturated carbocycles. The quantitative estimate of drug-likeness (QED) is 0.835. The highest BCUT2D eigenvalue weighted by Gasteiger charge is 2.14. The fourth-order valence-corrected chi connectivity index (χ4v) is 2.67. The highest BCUT2D eigenvalue weighted by Crippen LogP contribution is 2.23. The number of hydrogen-bond acceptors (Lipinski definition) is 5. The summed E-state index contributed by atoms with van der Waals surface area (Å²) in [5.41, 5.74) is 0. The van der Waals surface area contributed by atoms with Crippen LogP contribution >= 0.6 is 11.3 Å².